The van der Waals surface area contributed by atoms with Crippen LogP contribution < -0.4 is 20.1 Å². The third-order valence-electron chi connectivity index (χ3n) is 6.02. The minimum Gasteiger partial charge on any atom is -0.493 e. The summed E-state index contributed by atoms with van der Waals surface area (Å²) in [5.41, 5.74) is 1.17. The third-order valence-corrected chi connectivity index (χ3v) is 6.02. The molecule has 1 aromatic rings. The molecule has 144 valence electrons. The zero-order chi connectivity index (χ0) is 18.5. The van der Waals surface area contributed by atoms with Gasteiger partial charge in [-0.05, 0) is 68.6 Å². The zero-order valence-electron chi connectivity index (χ0n) is 16.2. The first-order valence-corrected chi connectivity index (χ1v) is 9.90. The predicted molar refractivity (Wildman–Crippen MR) is 102 cm³/mol. The normalized spacial score (nSPS) is 25.1. The minimum absolute atomic E-state index is 0.00304. The van der Waals surface area contributed by atoms with E-state index in [1.807, 2.05) is 25.1 Å². The molecule has 26 heavy (non-hydrogen) atoms. The number of nitrogens with one attached hydrogen (secondary N) is 2. The number of carbonyl (C=O) groups excluding carboxylic acids is 1. The van der Waals surface area contributed by atoms with E-state index in [1.165, 1.54) is 31.2 Å². The SMILES string of the molecule is CCNC(=O)COc1ccc(CNC(C)C2CC3CCC2C3)cc1OC. The molecular weight excluding hydrogens is 328 g/mol. The molecule has 2 bridgehead atoms. The van der Waals surface area contributed by atoms with Crippen LogP contribution in [0.5, 0.6) is 11.5 Å². The monoisotopic (exact) mass is 360 g/mol. The number of amides is 1. The number of hydrogen-bond donors (Lipinski definition) is 2. The molecule has 4 atom stereocenters. The van der Waals surface area contributed by atoms with E-state index in [9.17, 15) is 4.79 Å². The molecule has 0 saturated heterocycles. The molecule has 2 saturated carbocycles. The first kappa shape index (κ1) is 19.0. The van der Waals surface area contributed by atoms with E-state index in [0.29, 0.717) is 24.1 Å². The Labute approximate surface area is 156 Å². The van der Waals surface area contributed by atoms with Crippen molar-refractivity contribution < 1.29 is 14.3 Å². The topological polar surface area (TPSA) is 59.6 Å². The summed E-state index contributed by atoms with van der Waals surface area (Å²) in [6.07, 6.45) is 5.71. The Hall–Kier alpha value is -1.75. The van der Waals surface area contributed by atoms with Crippen LogP contribution in [0.1, 0.15) is 45.1 Å². The van der Waals surface area contributed by atoms with Crippen LogP contribution in [0.15, 0.2) is 18.2 Å². The van der Waals surface area contributed by atoms with E-state index >= 15 is 0 Å². The summed E-state index contributed by atoms with van der Waals surface area (Å²) in [6.45, 7) is 5.64. The molecule has 2 aliphatic rings. The van der Waals surface area contributed by atoms with Crippen LogP contribution in [0.4, 0.5) is 0 Å². The summed E-state index contributed by atoms with van der Waals surface area (Å²) < 4.78 is 11.0. The van der Waals surface area contributed by atoms with Crippen molar-refractivity contribution in [3.05, 3.63) is 23.8 Å². The van der Waals surface area contributed by atoms with Gasteiger partial charge >= 0.3 is 0 Å². The zero-order valence-corrected chi connectivity index (χ0v) is 16.2. The van der Waals surface area contributed by atoms with Crippen molar-refractivity contribution in [1.29, 1.82) is 0 Å². The summed E-state index contributed by atoms with van der Waals surface area (Å²) in [7, 11) is 1.63. The second-order valence-electron chi connectivity index (χ2n) is 7.74. The lowest BCUT2D eigenvalue weighted by Crippen LogP contribution is -2.35. The summed E-state index contributed by atoms with van der Waals surface area (Å²) in [5.74, 6) is 3.89. The van der Waals surface area contributed by atoms with E-state index in [1.54, 1.807) is 7.11 Å². The third kappa shape index (κ3) is 4.50. The number of hydrogen-bond acceptors (Lipinski definition) is 4. The maximum atomic E-state index is 11.6. The van der Waals surface area contributed by atoms with Gasteiger partial charge < -0.3 is 20.1 Å². The smallest absolute Gasteiger partial charge is 0.257 e. The van der Waals surface area contributed by atoms with E-state index in [0.717, 1.165) is 24.3 Å². The van der Waals surface area contributed by atoms with Crippen molar-refractivity contribution in [3.8, 4) is 11.5 Å². The lowest BCUT2D eigenvalue weighted by atomic mass is 9.84. The van der Waals surface area contributed by atoms with Crippen molar-refractivity contribution in [2.24, 2.45) is 17.8 Å². The molecular formula is C21H32N2O3. The molecule has 4 unspecified atom stereocenters. The fourth-order valence-corrected chi connectivity index (χ4v) is 4.67. The van der Waals surface area contributed by atoms with Crippen LogP contribution >= 0.6 is 0 Å². The molecule has 2 aliphatic carbocycles. The van der Waals surface area contributed by atoms with Gasteiger partial charge in [0.2, 0.25) is 0 Å². The molecule has 3 rings (SSSR count). The summed E-state index contributed by atoms with van der Waals surface area (Å²) in [4.78, 5) is 11.6. The fourth-order valence-electron chi connectivity index (χ4n) is 4.67. The Bertz CT molecular complexity index is 619. The molecule has 2 fully saturated rings. The Morgan fingerprint density at radius 3 is 2.77 bits per heavy atom. The highest BCUT2D eigenvalue weighted by Gasteiger charge is 2.41. The molecule has 5 heteroatoms. The van der Waals surface area contributed by atoms with E-state index in [4.69, 9.17) is 9.47 Å². The standard InChI is InChI=1S/C21H32N2O3/c1-4-22-21(24)13-26-19-8-6-16(11-20(19)25-3)12-23-14(2)18-10-15-5-7-17(18)9-15/h6,8,11,14-15,17-18,23H,4-5,7,9-10,12-13H2,1-3H3,(H,22,24). The van der Waals surface area contributed by atoms with Crippen LogP contribution in [-0.4, -0.2) is 32.2 Å². The van der Waals surface area contributed by atoms with Crippen molar-refractivity contribution in [1.82, 2.24) is 10.6 Å². The van der Waals surface area contributed by atoms with Gasteiger partial charge in [0.25, 0.3) is 5.91 Å². The maximum Gasteiger partial charge on any atom is 0.257 e. The number of carbonyl (C=O) groups is 1. The van der Waals surface area contributed by atoms with Gasteiger partial charge in [0.05, 0.1) is 7.11 Å². The van der Waals surface area contributed by atoms with Gasteiger partial charge in [-0.15, -0.1) is 0 Å². The molecule has 2 N–H and O–H groups in total. The first-order valence-electron chi connectivity index (χ1n) is 9.90. The van der Waals surface area contributed by atoms with Gasteiger partial charge in [-0.3, -0.25) is 4.79 Å². The van der Waals surface area contributed by atoms with Gasteiger partial charge in [0.1, 0.15) is 0 Å². The Morgan fingerprint density at radius 1 is 1.27 bits per heavy atom. The lowest BCUT2D eigenvalue weighted by molar-refractivity contribution is -0.123. The van der Waals surface area contributed by atoms with Crippen LogP contribution in [0.25, 0.3) is 0 Å². The lowest BCUT2D eigenvalue weighted by Gasteiger charge is -2.28. The molecule has 1 amide bonds. The number of benzene rings is 1. The molecule has 0 heterocycles. The maximum absolute atomic E-state index is 11.6. The van der Waals surface area contributed by atoms with Crippen LogP contribution in [0, 0.1) is 17.8 Å². The Balaban J connectivity index is 1.52. The van der Waals surface area contributed by atoms with Gasteiger partial charge in [-0.2, -0.15) is 0 Å². The second-order valence-corrected chi connectivity index (χ2v) is 7.74. The number of rotatable bonds is 9. The number of fused-ring (bicyclic) bond motifs is 2. The average Bonchev–Trinajstić information content (AvgIpc) is 3.28. The molecule has 1 aromatic carbocycles. The van der Waals surface area contributed by atoms with Gasteiger partial charge in [0.15, 0.2) is 18.1 Å². The second kappa shape index (κ2) is 8.76. The van der Waals surface area contributed by atoms with Gasteiger partial charge in [-0.1, -0.05) is 12.5 Å². The van der Waals surface area contributed by atoms with Crippen molar-refractivity contribution in [2.75, 3.05) is 20.3 Å². The van der Waals surface area contributed by atoms with E-state index in [-0.39, 0.29) is 12.5 Å². The Morgan fingerprint density at radius 2 is 2.12 bits per heavy atom. The molecule has 0 spiro atoms. The number of likely N-dealkylation sites (N-methyl/N-ethyl adjacent to an activating group) is 1. The highest BCUT2D eigenvalue weighted by Crippen LogP contribution is 2.49. The van der Waals surface area contributed by atoms with E-state index < -0.39 is 0 Å². The van der Waals surface area contributed by atoms with Crippen molar-refractivity contribution >= 4 is 5.91 Å². The summed E-state index contributed by atoms with van der Waals surface area (Å²) in [6, 6.07) is 6.46. The minimum atomic E-state index is -0.125. The molecule has 0 radical (unpaired) electrons. The van der Waals surface area contributed by atoms with E-state index in [2.05, 4.69) is 17.6 Å². The van der Waals surface area contributed by atoms with Gasteiger partial charge in [0, 0.05) is 19.1 Å². The van der Waals surface area contributed by atoms with Crippen molar-refractivity contribution in [2.45, 2.75) is 52.1 Å². The largest absolute Gasteiger partial charge is 0.493 e. The fraction of sp³-hybridized carbons (Fsp3) is 0.667. The molecule has 5 nitrogen and oxygen atoms in total. The van der Waals surface area contributed by atoms with Crippen molar-refractivity contribution in [3.63, 3.8) is 0 Å². The highest BCUT2D eigenvalue weighted by molar-refractivity contribution is 5.77. The van der Waals surface area contributed by atoms with Crippen LogP contribution in [-0.2, 0) is 11.3 Å². The quantitative estimate of drug-likeness (QED) is 0.710. The molecule has 0 aromatic heterocycles. The molecule has 0 aliphatic heterocycles. The first-order chi connectivity index (χ1) is 12.6. The predicted octanol–water partition coefficient (Wildman–Crippen LogP) is 3.12. The Kier molecular flexibility index (Phi) is 6.41. The van der Waals surface area contributed by atoms with Crippen LogP contribution in [0.3, 0.4) is 0 Å². The van der Waals surface area contributed by atoms with Crippen LogP contribution in [0.2, 0.25) is 0 Å². The highest BCUT2D eigenvalue weighted by atomic mass is 16.5. The number of methoxy groups -OCH3 is 1. The number of ether oxygens (including phenoxy) is 2. The average molecular weight is 360 g/mol. The summed E-state index contributed by atoms with van der Waals surface area (Å²) >= 11 is 0. The van der Waals surface area contributed by atoms with Gasteiger partial charge in [-0.25, -0.2) is 0 Å². The summed E-state index contributed by atoms with van der Waals surface area (Å²) in [5, 5.41) is 6.42.